The molecule has 0 amide bonds. The molecule has 1 aliphatic rings. The molecule has 1 aliphatic heterocycles. The van der Waals surface area contributed by atoms with Gasteiger partial charge in [-0.1, -0.05) is 0 Å². The predicted octanol–water partition coefficient (Wildman–Crippen LogP) is 1.22. The molecule has 0 radical (unpaired) electrons. The van der Waals surface area contributed by atoms with Gasteiger partial charge in [0.15, 0.2) is 0 Å². The van der Waals surface area contributed by atoms with E-state index in [9.17, 15) is 14.9 Å². The lowest BCUT2D eigenvalue weighted by Crippen LogP contribution is -2.37. The Balaban J connectivity index is 2.12. The molecule has 138 valence electrons. The number of hydrogen-bond donors (Lipinski definition) is 1. The molecular weight excluding hydrogens is 330 g/mol. The number of hydrogen-bond acceptors (Lipinski definition) is 9. The zero-order valence-corrected chi connectivity index (χ0v) is 14.4. The summed E-state index contributed by atoms with van der Waals surface area (Å²) in [6.07, 6.45) is 3.17. The molecule has 10 heteroatoms. The third kappa shape index (κ3) is 4.75. The maximum Gasteiger partial charge on any atom is 0.353 e. The third-order valence-corrected chi connectivity index (χ3v) is 4.13. The van der Waals surface area contributed by atoms with Gasteiger partial charge in [0.25, 0.3) is 0 Å². The van der Waals surface area contributed by atoms with Crippen LogP contribution in [0.2, 0.25) is 0 Å². The molecule has 0 aromatic carbocycles. The number of carbonyl (C=O) groups excluding carboxylic acids is 1. The molecule has 1 aromatic heterocycles. The van der Waals surface area contributed by atoms with Gasteiger partial charge in [-0.3, -0.25) is 14.9 Å². The molecule has 2 heterocycles. The van der Waals surface area contributed by atoms with Crippen molar-refractivity contribution < 1.29 is 19.2 Å². The molecule has 1 N–H and O–H groups in total. The Morgan fingerprint density at radius 2 is 2.12 bits per heavy atom. The van der Waals surface area contributed by atoms with Gasteiger partial charge in [-0.15, -0.1) is 0 Å². The van der Waals surface area contributed by atoms with Crippen LogP contribution in [-0.4, -0.2) is 61.3 Å². The number of anilines is 2. The first-order chi connectivity index (χ1) is 12.1. The SMILES string of the molecule is COCCCNc1ncnc(N2CCC(C(=O)OC)CC2)c1[N+](=O)[O-]. The van der Waals surface area contributed by atoms with Crippen LogP contribution in [-0.2, 0) is 14.3 Å². The van der Waals surface area contributed by atoms with Crippen LogP contribution in [0.5, 0.6) is 0 Å². The molecule has 1 aromatic rings. The summed E-state index contributed by atoms with van der Waals surface area (Å²) in [6.45, 7) is 2.07. The summed E-state index contributed by atoms with van der Waals surface area (Å²) < 4.78 is 9.73. The predicted molar refractivity (Wildman–Crippen MR) is 90.6 cm³/mol. The molecule has 0 bridgehead atoms. The minimum atomic E-state index is -0.472. The summed E-state index contributed by atoms with van der Waals surface area (Å²) in [7, 11) is 2.97. The number of rotatable bonds is 8. The van der Waals surface area contributed by atoms with E-state index in [1.165, 1.54) is 13.4 Å². The lowest BCUT2D eigenvalue weighted by molar-refractivity contribution is -0.383. The molecular formula is C15H23N5O5. The topological polar surface area (TPSA) is 120 Å². The molecule has 0 aliphatic carbocycles. The van der Waals surface area contributed by atoms with E-state index in [0.717, 1.165) is 0 Å². The second kappa shape index (κ2) is 9.11. The summed E-state index contributed by atoms with van der Waals surface area (Å²) in [6, 6.07) is 0. The standard InChI is InChI=1S/C15H23N5O5/c1-24-9-3-6-16-13-12(20(22)23)14(18-10-17-13)19-7-4-11(5-8-19)15(21)25-2/h10-11H,3-9H2,1-2H3,(H,16,17,18). The molecule has 2 rings (SSSR count). The Labute approximate surface area is 145 Å². The molecule has 0 atom stereocenters. The van der Waals surface area contributed by atoms with E-state index in [-0.39, 0.29) is 29.2 Å². The van der Waals surface area contributed by atoms with Gasteiger partial charge in [0.05, 0.1) is 18.0 Å². The quantitative estimate of drug-likeness (QED) is 0.318. The van der Waals surface area contributed by atoms with Crippen LogP contribution in [0, 0.1) is 16.0 Å². The first-order valence-corrected chi connectivity index (χ1v) is 8.13. The van der Waals surface area contributed by atoms with Crippen LogP contribution in [0.15, 0.2) is 6.33 Å². The van der Waals surface area contributed by atoms with E-state index in [1.807, 2.05) is 4.90 Å². The van der Waals surface area contributed by atoms with Crippen LogP contribution < -0.4 is 10.2 Å². The zero-order valence-electron chi connectivity index (χ0n) is 14.4. The number of ether oxygens (including phenoxy) is 2. The van der Waals surface area contributed by atoms with Crippen molar-refractivity contribution in [3.63, 3.8) is 0 Å². The number of nitro groups is 1. The third-order valence-electron chi connectivity index (χ3n) is 4.13. The second-order valence-electron chi connectivity index (χ2n) is 5.71. The molecule has 0 saturated carbocycles. The van der Waals surface area contributed by atoms with E-state index in [0.29, 0.717) is 45.5 Å². The largest absolute Gasteiger partial charge is 0.469 e. The number of esters is 1. The monoisotopic (exact) mass is 353 g/mol. The van der Waals surface area contributed by atoms with Gasteiger partial charge in [-0.2, -0.15) is 0 Å². The average Bonchev–Trinajstić information content (AvgIpc) is 2.64. The van der Waals surface area contributed by atoms with Crippen molar-refractivity contribution >= 4 is 23.3 Å². The van der Waals surface area contributed by atoms with Crippen molar-refractivity contribution in [2.24, 2.45) is 5.92 Å². The zero-order chi connectivity index (χ0) is 18.2. The number of nitrogens with zero attached hydrogens (tertiary/aromatic N) is 4. The number of nitrogens with one attached hydrogen (secondary N) is 1. The van der Waals surface area contributed by atoms with E-state index in [1.54, 1.807) is 7.11 Å². The number of piperidine rings is 1. The van der Waals surface area contributed by atoms with Gasteiger partial charge in [0.2, 0.25) is 11.6 Å². The molecule has 1 saturated heterocycles. The highest BCUT2D eigenvalue weighted by Crippen LogP contribution is 2.34. The van der Waals surface area contributed by atoms with Crippen molar-refractivity contribution in [2.75, 3.05) is 50.7 Å². The lowest BCUT2D eigenvalue weighted by atomic mass is 9.97. The van der Waals surface area contributed by atoms with E-state index in [4.69, 9.17) is 9.47 Å². The van der Waals surface area contributed by atoms with Crippen LogP contribution in [0.4, 0.5) is 17.3 Å². The van der Waals surface area contributed by atoms with Crippen molar-refractivity contribution in [2.45, 2.75) is 19.3 Å². The smallest absolute Gasteiger partial charge is 0.353 e. The summed E-state index contributed by atoms with van der Waals surface area (Å²) in [4.78, 5) is 32.6. The Morgan fingerprint density at radius 3 is 2.72 bits per heavy atom. The number of carbonyl (C=O) groups is 1. The Kier molecular flexibility index (Phi) is 6.87. The number of aromatic nitrogens is 2. The van der Waals surface area contributed by atoms with E-state index < -0.39 is 4.92 Å². The van der Waals surface area contributed by atoms with Gasteiger partial charge in [-0.05, 0) is 19.3 Å². The van der Waals surface area contributed by atoms with Gasteiger partial charge in [-0.25, -0.2) is 9.97 Å². The fourth-order valence-electron chi connectivity index (χ4n) is 2.82. The second-order valence-corrected chi connectivity index (χ2v) is 5.71. The summed E-state index contributed by atoms with van der Waals surface area (Å²) >= 11 is 0. The normalized spacial score (nSPS) is 15.0. The number of methoxy groups -OCH3 is 2. The lowest BCUT2D eigenvalue weighted by Gasteiger charge is -2.31. The maximum atomic E-state index is 11.6. The Bertz CT molecular complexity index is 604. The van der Waals surface area contributed by atoms with Gasteiger partial charge in [0.1, 0.15) is 6.33 Å². The fourth-order valence-corrected chi connectivity index (χ4v) is 2.82. The highest BCUT2D eigenvalue weighted by Gasteiger charge is 2.31. The summed E-state index contributed by atoms with van der Waals surface area (Å²) in [5.74, 6) is 0.0601. The molecule has 0 unspecified atom stereocenters. The summed E-state index contributed by atoms with van der Waals surface area (Å²) in [5, 5.41) is 14.5. The van der Waals surface area contributed by atoms with Crippen molar-refractivity contribution in [3.05, 3.63) is 16.4 Å². The molecule has 1 fully saturated rings. The van der Waals surface area contributed by atoms with Crippen LogP contribution in [0.3, 0.4) is 0 Å². The maximum absolute atomic E-state index is 11.6. The van der Waals surface area contributed by atoms with E-state index >= 15 is 0 Å². The van der Waals surface area contributed by atoms with Crippen molar-refractivity contribution in [3.8, 4) is 0 Å². The Hall–Kier alpha value is -2.49. The molecule has 10 nitrogen and oxygen atoms in total. The first kappa shape index (κ1) is 18.8. The highest BCUT2D eigenvalue weighted by atomic mass is 16.6. The van der Waals surface area contributed by atoms with Gasteiger partial charge >= 0.3 is 11.7 Å². The highest BCUT2D eigenvalue weighted by molar-refractivity contribution is 5.74. The van der Waals surface area contributed by atoms with Crippen molar-refractivity contribution in [1.29, 1.82) is 0 Å². The van der Waals surface area contributed by atoms with Gasteiger partial charge < -0.3 is 19.7 Å². The van der Waals surface area contributed by atoms with Crippen LogP contribution in [0.1, 0.15) is 19.3 Å². The van der Waals surface area contributed by atoms with Gasteiger partial charge in [0, 0.05) is 33.4 Å². The minimum absolute atomic E-state index is 0.142. The molecule has 0 spiro atoms. The Morgan fingerprint density at radius 1 is 1.40 bits per heavy atom. The summed E-state index contributed by atoms with van der Waals surface area (Å²) in [5.41, 5.74) is -0.142. The van der Waals surface area contributed by atoms with E-state index in [2.05, 4.69) is 15.3 Å². The fraction of sp³-hybridized carbons (Fsp3) is 0.667. The van der Waals surface area contributed by atoms with Crippen LogP contribution >= 0.6 is 0 Å². The first-order valence-electron chi connectivity index (χ1n) is 8.13. The average molecular weight is 353 g/mol. The molecule has 25 heavy (non-hydrogen) atoms. The minimum Gasteiger partial charge on any atom is -0.469 e. The van der Waals surface area contributed by atoms with Crippen molar-refractivity contribution in [1.82, 2.24) is 9.97 Å². The van der Waals surface area contributed by atoms with Crippen LogP contribution in [0.25, 0.3) is 0 Å².